The highest BCUT2D eigenvalue weighted by Crippen LogP contribution is 2.30. The highest BCUT2D eigenvalue weighted by molar-refractivity contribution is 5.62. The lowest BCUT2D eigenvalue weighted by Gasteiger charge is -2.32. The van der Waals surface area contributed by atoms with Crippen LogP contribution in [0.3, 0.4) is 0 Å². The first-order chi connectivity index (χ1) is 8.97. The molecule has 1 atom stereocenters. The Balaban J connectivity index is 2.24. The van der Waals surface area contributed by atoms with Crippen LogP contribution in [-0.2, 0) is 6.42 Å². The Kier molecular flexibility index (Phi) is 4.38. The predicted octanol–water partition coefficient (Wildman–Crippen LogP) is 4.30. The second-order valence-electron chi connectivity index (χ2n) is 6.57. The van der Waals surface area contributed by atoms with Crippen LogP contribution in [0.4, 0.5) is 11.4 Å². The molecule has 1 unspecified atom stereocenters. The SMILES string of the molecule is CC(C)CN(c1ccc2c(c1)CCC(C)N2)C(C)C. The molecule has 0 spiro atoms. The maximum atomic E-state index is 3.58. The molecule has 1 aromatic rings. The topological polar surface area (TPSA) is 15.3 Å². The van der Waals surface area contributed by atoms with E-state index in [1.165, 1.54) is 29.8 Å². The summed E-state index contributed by atoms with van der Waals surface area (Å²) in [4.78, 5) is 2.52. The maximum Gasteiger partial charge on any atom is 0.0376 e. The van der Waals surface area contributed by atoms with Gasteiger partial charge in [0.15, 0.2) is 0 Å². The molecule has 1 N–H and O–H groups in total. The van der Waals surface area contributed by atoms with Crippen LogP contribution in [0, 0.1) is 5.92 Å². The number of benzene rings is 1. The average Bonchev–Trinajstić information content (AvgIpc) is 2.35. The lowest BCUT2D eigenvalue weighted by Crippen LogP contribution is -2.34. The Morgan fingerprint density at radius 3 is 2.63 bits per heavy atom. The minimum absolute atomic E-state index is 0.552. The second kappa shape index (κ2) is 5.85. The number of fused-ring (bicyclic) bond motifs is 1. The van der Waals surface area contributed by atoms with Crippen LogP contribution >= 0.6 is 0 Å². The van der Waals surface area contributed by atoms with E-state index in [0.717, 1.165) is 6.54 Å². The van der Waals surface area contributed by atoms with Gasteiger partial charge >= 0.3 is 0 Å². The third kappa shape index (κ3) is 3.43. The number of hydrogen-bond donors (Lipinski definition) is 1. The predicted molar refractivity (Wildman–Crippen MR) is 85.2 cm³/mol. The van der Waals surface area contributed by atoms with Crippen LogP contribution in [0.15, 0.2) is 18.2 Å². The van der Waals surface area contributed by atoms with Crippen LogP contribution < -0.4 is 10.2 Å². The molecule has 0 saturated heterocycles. The van der Waals surface area contributed by atoms with Crippen molar-refractivity contribution in [3.05, 3.63) is 23.8 Å². The molecule has 0 amide bonds. The van der Waals surface area contributed by atoms with Crippen LogP contribution in [0.1, 0.15) is 46.6 Å². The Hall–Kier alpha value is -1.18. The quantitative estimate of drug-likeness (QED) is 0.868. The number of hydrogen-bond acceptors (Lipinski definition) is 2. The zero-order valence-corrected chi connectivity index (χ0v) is 13.0. The summed E-state index contributed by atoms with van der Waals surface area (Å²) in [6.45, 7) is 12.5. The second-order valence-corrected chi connectivity index (χ2v) is 6.57. The third-order valence-corrected chi connectivity index (χ3v) is 3.85. The normalized spacial score (nSPS) is 18.4. The van der Waals surface area contributed by atoms with Gasteiger partial charge in [0.1, 0.15) is 0 Å². The molecule has 2 nitrogen and oxygen atoms in total. The van der Waals surface area contributed by atoms with Crippen molar-refractivity contribution >= 4 is 11.4 Å². The van der Waals surface area contributed by atoms with Gasteiger partial charge < -0.3 is 10.2 Å². The summed E-state index contributed by atoms with van der Waals surface area (Å²) in [5.41, 5.74) is 4.18. The first-order valence-corrected chi connectivity index (χ1v) is 7.63. The molecule has 2 heteroatoms. The van der Waals surface area contributed by atoms with Gasteiger partial charge in [0.2, 0.25) is 0 Å². The number of rotatable bonds is 4. The summed E-state index contributed by atoms with van der Waals surface area (Å²) in [6.07, 6.45) is 2.44. The van der Waals surface area contributed by atoms with Gasteiger partial charge in [0.05, 0.1) is 0 Å². The standard InChI is InChI=1S/C17H28N2/c1-12(2)11-19(13(3)4)16-8-9-17-15(10-16)7-6-14(5)18-17/h8-10,12-14,18H,6-7,11H2,1-5H3. The molecule has 0 radical (unpaired) electrons. The van der Waals surface area contributed by atoms with Crippen molar-refractivity contribution in [2.45, 2.75) is 59.5 Å². The van der Waals surface area contributed by atoms with Gasteiger partial charge in [-0.15, -0.1) is 0 Å². The molecule has 1 aliphatic heterocycles. The van der Waals surface area contributed by atoms with Gasteiger partial charge in [-0.1, -0.05) is 13.8 Å². The minimum atomic E-state index is 0.552. The van der Waals surface area contributed by atoms with E-state index >= 15 is 0 Å². The summed E-state index contributed by atoms with van der Waals surface area (Å²) in [5, 5.41) is 3.58. The van der Waals surface area contributed by atoms with Crippen LogP contribution in [-0.4, -0.2) is 18.6 Å². The molecule has 0 bridgehead atoms. The van der Waals surface area contributed by atoms with Crippen LogP contribution in [0.2, 0.25) is 0 Å². The summed E-state index contributed by atoms with van der Waals surface area (Å²) in [6, 6.07) is 8.07. The van der Waals surface area contributed by atoms with E-state index in [1.807, 2.05) is 0 Å². The Bertz CT molecular complexity index is 423. The molecule has 106 valence electrons. The molecule has 1 heterocycles. The van der Waals surface area contributed by atoms with Crippen molar-refractivity contribution in [1.29, 1.82) is 0 Å². The van der Waals surface area contributed by atoms with E-state index in [4.69, 9.17) is 0 Å². The molecule has 0 saturated carbocycles. The van der Waals surface area contributed by atoms with Crippen molar-refractivity contribution in [2.75, 3.05) is 16.8 Å². The summed E-state index contributed by atoms with van der Waals surface area (Å²) < 4.78 is 0. The number of nitrogens with one attached hydrogen (secondary N) is 1. The molecule has 19 heavy (non-hydrogen) atoms. The van der Waals surface area contributed by atoms with Gasteiger partial charge in [-0.2, -0.15) is 0 Å². The number of aryl methyl sites for hydroxylation is 1. The zero-order valence-electron chi connectivity index (χ0n) is 13.0. The molecule has 2 rings (SSSR count). The van der Waals surface area contributed by atoms with E-state index in [9.17, 15) is 0 Å². The molecule has 1 aromatic carbocycles. The fraction of sp³-hybridized carbons (Fsp3) is 0.647. The van der Waals surface area contributed by atoms with E-state index < -0.39 is 0 Å². The average molecular weight is 260 g/mol. The molecule has 0 aromatic heterocycles. The van der Waals surface area contributed by atoms with Gasteiger partial charge in [0.25, 0.3) is 0 Å². The van der Waals surface area contributed by atoms with E-state index in [2.05, 4.69) is 63.0 Å². The van der Waals surface area contributed by atoms with Gasteiger partial charge in [-0.25, -0.2) is 0 Å². The molecule has 1 aliphatic rings. The fourth-order valence-electron chi connectivity index (χ4n) is 2.82. The van der Waals surface area contributed by atoms with Gasteiger partial charge in [0, 0.05) is 30.0 Å². The van der Waals surface area contributed by atoms with E-state index in [0.29, 0.717) is 18.0 Å². The smallest absolute Gasteiger partial charge is 0.0376 e. The third-order valence-electron chi connectivity index (χ3n) is 3.85. The maximum absolute atomic E-state index is 3.58. The van der Waals surface area contributed by atoms with Crippen LogP contribution in [0.25, 0.3) is 0 Å². The molecular formula is C17H28N2. The first-order valence-electron chi connectivity index (χ1n) is 7.63. The van der Waals surface area contributed by atoms with Crippen molar-refractivity contribution in [2.24, 2.45) is 5.92 Å². The highest BCUT2D eigenvalue weighted by atomic mass is 15.2. The van der Waals surface area contributed by atoms with Crippen molar-refractivity contribution in [1.82, 2.24) is 0 Å². The molecular weight excluding hydrogens is 232 g/mol. The largest absolute Gasteiger partial charge is 0.382 e. The van der Waals surface area contributed by atoms with Gasteiger partial charge in [-0.05, 0) is 63.3 Å². The zero-order chi connectivity index (χ0) is 14.0. The highest BCUT2D eigenvalue weighted by Gasteiger charge is 2.17. The van der Waals surface area contributed by atoms with Crippen molar-refractivity contribution < 1.29 is 0 Å². The van der Waals surface area contributed by atoms with Crippen molar-refractivity contribution in [3.63, 3.8) is 0 Å². The Labute approximate surface area is 118 Å². The summed E-state index contributed by atoms with van der Waals surface area (Å²) in [5.74, 6) is 0.691. The molecule has 0 aliphatic carbocycles. The van der Waals surface area contributed by atoms with Crippen LogP contribution in [0.5, 0.6) is 0 Å². The lowest BCUT2D eigenvalue weighted by atomic mass is 9.98. The summed E-state index contributed by atoms with van der Waals surface area (Å²) in [7, 11) is 0. The number of anilines is 2. The Morgan fingerprint density at radius 2 is 2.00 bits per heavy atom. The van der Waals surface area contributed by atoms with Crippen molar-refractivity contribution in [3.8, 4) is 0 Å². The summed E-state index contributed by atoms with van der Waals surface area (Å²) >= 11 is 0. The Morgan fingerprint density at radius 1 is 1.26 bits per heavy atom. The molecule has 0 fully saturated rings. The first kappa shape index (κ1) is 14.2. The van der Waals surface area contributed by atoms with E-state index in [-0.39, 0.29) is 0 Å². The fourth-order valence-corrected chi connectivity index (χ4v) is 2.82. The lowest BCUT2D eigenvalue weighted by molar-refractivity contribution is 0.570. The van der Waals surface area contributed by atoms with Gasteiger partial charge in [-0.3, -0.25) is 0 Å². The number of nitrogens with zero attached hydrogens (tertiary/aromatic N) is 1. The monoisotopic (exact) mass is 260 g/mol. The minimum Gasteiger partial charge on any atom is -0.382 e. The van der Waals surface area contributed by atoms with E-state index in [1.54, 1.807) is 0 Å².